The number of hydrogen-bond acceptors (Lipinski definition) is 14. The van der Waals surface area contributed by atoms with Crippen LogP contribution in [0.25, 0.3) is 0 Å². The van der Waals surface area contributed by atoms with Crippen molar-refractivity contribution in [2.75, 3.05) is 22.1 Å². The molecule has 0 radical (unpaired) electrons. The van der Waals surface area contributed by atoms with Crippen LogP contribution in [0.1, 0.15) is 45.7 Å². The Morgan fingerprint density at radius 3 is 1.44 bits per heavy atom. The molecule has 0 spiro atoms. The summed E-state index contributed by atoms with van der Waals surface area (Å²) < 4.78 is 26.7. The second-order valence-corrected chi connectivity index (χ2v) is 13.7. The summed E-state index contributed by atoms with van der Waals surface area (Å²) in [5.41, 5.74) is 15.8. The fraction of sp³-hybridized carbons (Fsp3) is 0.135. The molecule has 0 saturated heterocycles. The number of benzene rings is 4. The molecule has 0 aromatic heterocycles. The Hall–Kier alpha value is -6.76. The van der Waals surface area contributed by atoms with E-state index in [1.807, 2.05) is 0 Å². The number of carbonyl (C=O) groups is 2. The third kappa shape index (κ3) is 10.2. The van der Waals surface area contributed by atoms with Gasteiger partial charge >= 0.3 is 0 Å². The molecule has 4 aromatic rings. The van der Waals surface area contributed by atoms with E-state index < -0.39 is 12.3 Å². The number of nitriles is 2. The van der Waals surface area contributed by atoms with Crippen LogP contribution in [0.15, 0.2) is 105 Å². The van der Waals surface area contributed by atoms with Gasteiger partial charge in [-0.2, -0.15) is 10.5 Å². The topological polar surface area (TPSA) is 231 Å². The van der Waals surface area contributed by atoms with Crippen molar-refractivity contribution >= 4 is 69.0 Å². The predicted octanol–water partition coefficient (Wildman–Crippen LogP) is 4.59. The summed E-state index contributed by atoms with van der Waals surface area (Å²) in [4.78, 5) is 43.0. The first kappa shape index (κ1) is 38.0. The zero-order valence-corrected chi connectivity index (χ0v) is 30.2. The van der Waals surface area contributed by atoms with Crippen molar-refractivity contribution in [3.8, 4) is 12.1 Å². The molecule has 2 aliphatic heterocycles. The summed E-state index contributed by atoms with van der Waals surface area (Å²) in [7, 11) is 0. The third-order valence-electron chi connectivity index (χ3n) is 7.90. The Balaban J connectivity index is 1.02. The number of guanidine groups is 2. The van der Waals surface area contributed by atoms with E-state index in [1.54, 1.807) is 60.7 Å². The Morgan fingerprint density at radius 1 is 0.655 bits per heavy atom. The number of nitrogens with one attached hydrogen (secondary N) is 4. The van der Waals surface area contributed by atoms with Crippen LogP contribution < -0.4 is 32.7 Å². The second-order valence-electron chi connectivity index (χ2n) is 11.8. The minimum atomic E-state index is -0.680. The number of carbonyl (C=O) groups excluding carboxylic acids is 2. The SMILES string of the molecule is N#Cc1cc(NC(=O)CSC2=NC(c3ccc(F)cc3)N=C(N)N2)ccc1Cc1ccc(NC(=O)CSC2=NC(c3ccc(F)cc3)N=C(N)N2)cc1C#N. The lowest BCUT2D eigenvalue weighted by Crippen LogP contribution is -2.39. The van der Waals surface area contributed by atoms with Gasteiger partial charge in [0.05, 0.1) is 34.8 Å². The molecular weight excluding hydrogens is 747 g/mol. The number of rotatable bonds is 10. The Morgan fingerprint density at radius 2 is 1.05 bits per heavy atom. The van der Waals surface area contributed by atoms with E-state index in [9.17, 15) is 28.9 Å². The number of amides is 2. The van der Waals surface area contributed by atoms with Gasteiger partial charge in [0.15, 0.2) is 34.6 Å². The van der Waals surface area contributed by atoms with Gasteiger partial charge in [0.25, 0.3) is 0 Å². The maximum Gasteiger partial charge on any atom is 0.234 e. The summed E-state index contributed by atoms with van der Waals surface area (Å²) in [6.07, 6.45) is -1.12. The number of thioether (sulfide) groups is 2. The molecule has 2 amide bonds. The van der Waals surface area contributed by atoms with Crippen LogP contribution in [0, 0.1) is 34.3 Å². The van der Waals surface area contributed by atoms with Gasteiger partial charge in [-0.25, -0.2) is 28.8 Å². The van der Waals surface area contributed by atoms with Crippen LogP contribution >= 0.6 is 23.5 Å². The number of nitrogens with two attached hydrogens (primary N) is 2. The van der Waals surface area contributed by atoms with Gasteiger partial charge in [-0.3, -0.25) is 9.59 Å². The summed E-state index contributed by atoms with van der Waals surface area (Å²) in [6, 6.07) is 25.6. The largest absolute Gasteiger partial charge is 0.370 e. The predicted molar refractivity (Wildman–Crippen MR) is 210 cm³/mol. The third-order valence-corrected chi connectivity index (χ3v) is 9.67. The van der Waals surface area contributed by atoms with Crippen LogP contribution in [0.5, 0.6) is 0 Å². The molecular formula is C37H30F2N12O2S2. The highest BCUT2D eigenvalue weighted by atomic mass is 32.2. The second kappa shape index (κ2) is 17.4. The van der Waals surface area contributed by atoms with Gasteiger partial charge in [0, 0.05) is 17.8 Å². The first-order chi connectivity index (χ1) is 26.5. The lowest BCUT2D eigenvalue weighted by molar-refractivity contribution is -0.114. The van der Waals surface area contributed by atoms with Crippen LogP contribution in [0.3, 0.4) is 0 Å². The maximum absolute atomic E-state index is 13.3. The smallest absolute Gasteiger partial charge is 0.234 e. The van der Waals surface area contributed by atoms with Gasteiger partial charge in [-0.15, -0.1) is 0 Å². The average molecular weight is 777 g/mol. The molecule has 4 aromatic carbocycles. The van der Waals surface area contributed by atoms with Crippen LogP contribution in [-0.2, 0) is 16.0 Å². The number of anilines is 2. The van der Waals surface area contributed by atoms with Gasteiger partial charge in [0.1, 0.15) is 11.6 Å². The fourth-order valence-electron chi connectivity index (χ4n) is 5.30. The first-order valence-corrected chi connectivity index (χ1v) is 18.3. The van der Waals surface area contributed by atoms with E-state index in [0.717, 1.165) is 23.5 Å². The van der Waals surface area contributed by atoms with E-state index in [0.29, 0.717) is 55.1 Å². The van der Waals surface area contributed by atoms with Crippen molar-refractivity contribution in [1.29, 1.82) is 10.5 Å². The molecule has 0 aliphatic carbocycles. The number of halogens is 2. The molecule has 0 fully saturated rings. The van der Waals surface area contributed by atoms with E-state index >= 15 is 0 Å². The van der Waals surface area contributed by atoms with E-state index in [4.69, 9.17) is 11.5 Å². The van der Waals surface area contributed by atoms with Crippen LogP contribution in [0.4, 0.5) is 20.2 Å². The van der Waals surface area contributed by atoms with Crippen LogP contribution in [-0.4, -0.2) is 45.6 Å². The van der Waals surface area contributed by atoms with Gasteiger partial charge in [-0.1, -0.05) is 59.9 Å². The molecule has 2 atom stereocenters. The molecule has 8 N–H and O–H groups in total. The highest BCUT2D eigenvalue weighted by Gasteiger charge is 2.20. The molecule has 0 saturated carbocycles. The number of aliphatic imine (C=N–C) groups is 4. The quantitative estimate of drug-likeness (QED) is 0.131. The molecule has 14 nitrogen and oxygen atoms in total. The number of nitrogens with zero attached hydrogens (tertiary/aromatic N) is 6. The van der Waals surface area contributed by atoms with Gasteiger partial charge in [0.2, 0.25) is 11.8 Å². The minimum Gasteiger partial charge on any atom is -0.370 e. The normalized spacial score (nSPS) is 16.1. The monoisotopic (exact) mass is 776 g/mol. The number of amidine groups is 2. The Kier molecular flexibility index (Phi) is 12.0. The first-order valence-electron chi connectivity index (χ1n) is 16.3. The van der Waals surface area contributed by atoms with Crippen molar-refractivity contribution in [3.63, 3.8) is 0 Å². The highest BCUT2D eigenvalue weighted by molar-refractivity contribution is 8.14. The lowest BCUT2D eigenvalue weighted by Gasteiger charge is -2.19. The molecule has 276 valence electrons. The standard InChI is InChI=1S/C37H30F2N12O2S2/c38-26-7-1-20(2-8-26)32-46-34(42)50-36(48-32)54-18-30(52)44-28-11-5-22(24(14-28)16-40)13-23-6-12-29(15-25(23)17-41)45-31(53)19-55-37-49-33(47-35(43)51-37)21-3-9-27(39)10-4-21/h1-12,14-15,32-33H,13,18-19H2,(H,44,52)(H,45,53)(H3,42,46,48,50)(H3,43,47,49,51). The average Bonchev–Trinajstić information content (AvgIpc) is 3.17. The van der Waals surface area contributed by atoms with E-state index in [1.165, 1.54) is 24.3 Å². The number of hydrogen-bond donors (Lipinski definition) is 6. The molecule has 6 rings (SSSR count). The Labute approximate surface area is 321 Å². The molecule has 0 bridgehead atoms. The lowest BCUT2D eigenvalue weighted by atomic mass is 9.96. The highest BCUT2D eigenvalue weighted by Crippen LogP contribution is 2.26. The molecule has 2 heterocycles. The zero-order chi connectivity index (χ0) is 38.9. The van der Waals surface area contributed by atoms with Crippen molar-refractivity contribution in [3.05, 3.63) is 130 Å². The van der Waals surface area contributed by atoms with Crippen molar-refractivity contribution in [2.24, 2.45) is 31.4 Å². The molecule has 2 unspecified atom stereocenters. The van der Waals surface area contributed by atoms with Crippen molar-refractivity contribution in [1.82, 2.24) is 10.6 Å². The van der Waals surface area contributed by atoms with Crippen molar-refractivity contribution < 1.29 is 18.4 Å². The van der Waals surface area contributed by atoms with Crippen molar-refractivity contribution in [2.45, 2.75) is 18.8 Å². The summed E-state index contributed by atoms with van der Waals surface area (Å²) in [5.74, 6) is -1.33. The van der Waals surface area contributed by atoms with Gasteiger partial charge < -0.3 is 32.7 Å². The fourth-order valence-corrected chi connectivity index (χ4v) is 6.68. The van der Waals surface area contributed by atoms with E-state index in [2.05, 4.69) is 53.4 Å². The van der Waals surface area contributed by atoms with Crippen LogP contribution in [0.2, 0.25) is 0 Å². The maximum atomic E-state index is 13.3. The Bertz CT molecular complexity index is 2170. The molecule has 2 aliphatic rings. The summed E-state index contributed by atoms with van der Waals surface area (Å²) >= 11 is 2.21. The molecule has 55 heavy (non-hydrogen) atoms. The molecule has 18 heteroatoms. The minimum absolute atomic E-state index is 0.0287. The zero-order valence-electron chi connectivity index (χ0n) is 28.6. The summed E-state index contributed by atoms with van der Waals surface area (Å²) in [6.45, 7) is 0. The summed E-state index contributed by atoms with van der Waals surface area (Å²) in [5, 5.41) is 31.7. The van der Waals surface area contributed by atoms with Gasteiger partial charge in [-0.05, 0) is 70.8 Å². The van der Waals surface area contributed by atoms with E-state index in [-0.39, 0.29) is 53.3 Å².